The second kappa shape index (κ2) is 4.71. The zero-order valence-electron chi connectivity index (χ0n) is 4.33. The molecule has 0 aliphatic rings. The van der Waals surface area contributed by atoms with Gasteiger partial charge in [0.25, 0.3) is 0 Å². The zero-order chi connectivity index (χ0) is 7.11. The highest BCUT2D eigenvalue weighted by molar-refractivity contribution is 7.78. The molecule has 0 saturated carbocycles. The lowest BCUT2D eigenvalue weighted by Gasteiger charge is -1.88. The first-order chi connectivity index (χ1) is 4.31. The maximum absolute atomic E-state index is 7.89. The third-order valence-electron chi connectivity index (χ3n) is 0.387. The van der Waals surface area contributed by atoms with Gasteiger partial charge in [0.2, 0.25) is 12.2 Å². The lowest BCUT2D eigenvalue weighted by molar-refractivity contribution is 1.02. The molecule has 0 aliphatic heterocycles. The van der Waals surface area contributed by atoms with E-state index in [1.807, 2.05) is 5.16 Å². The van der Waals surface area contributed by atoms with Gasteiger partial charge in [0, 0.05) is 0 Å². The Labute approximate surface area is 56.9 Å². The van der Waals surface area contributed by atoms with Crippen LogP contribution in [-0.2, 0) is 0 Å². The van der Waals surface area contributed by atoms with E-state index in [0.29, 0.717) is 0 Å². The molecule has 0 spiro atoms. The van der Waals surface area contributed by atoms with Crippen LogP contribution in [0.1, 0.15) is 0 Å². The van der Waals surface area contributed by atoms with Gasteiger partial charge in [0.1, 0.15) is 0 Å². The molecule has 0 aromatic rings. The minimum atomic E-state index is -0.102. The van der Waals surface area contributed by atoms with Crippen LogP contribution in [0.3, 0.4) is 0 Å². The number of nitrogens with two attached hydrogens (primary N) is 1. The summed E-state index contributed by atoms with van der Waals surface area (Å²) in [7, 11) is 0. The van der Waals surface area contributed by atoms with Crippen LogP contribution in [0.2, 0.25) is 0 Å². The Balaban J connectivity index is 3.79. The molecule has 0 aliphatic carbocycles. The number of hydrazone groups is 1. The van der Waals surface area contributed by atoms with Crippen molar-refractivity contribution < 1.29 is 0 Å². The Hall–Kier alpha value is -1.44. The summed E-state index contributed by atoms with van der Waals surface area (Å²) in [5.74, 6) is -0.102. The number of hydrogen-bond donors (Lipinski definition) is 2. The lowest BCUT2D eigenvalue weighted by Crippen LogP contribution is -2.26. The topological polar surface area (TPSA) is 86.6 Å². The van der Waals surface area contributed by atoms with E-state index < -0.39 is 0 Å². The Bertz CT molecular complexity index is 195. The van der Waals surface area contributed by atoms with Gasteiger partial charge in [-0.2, -0.15) is 5.26 Å². The molecule has 0 rings (SSSR count). The van der Waals surface area contributed by atoms with Crippen LogP contribution >= 0.6 is 12.2 Å². The fourth-order valence-corrected chi connectivity index (χ4v) is 0.205. The molecule has 0 aromatic heterocycles. The number of aliphatic imine (C=N–C) groups is 1. The molecule has 0 radical (unpaired) electrons. The Morgan fingerprint density at radius 1 is 1.78 bits per heavy atom. The molecule has 6 heteroatoms. The number of nitrogens with one attached hydrogen (secondary N) is 1. The predicted octanol–water partition coefficient (Wildman–Crippen LogP) is -0.610. The third kappa shape index (κ3) is 4.41. The zero-order valence-corrected chi connectivity index (χ0v) is 5.14. The molecule has 0 bridgehead atoms. The van der Waals surface area contributed by atoms with Crippen molar-refractivity contribution >= 4 is 23.3 Å². The molecule has 9 heavy (non-hydrogen) atoms. The molecule has 0 heterocycles. The van der Waals surface area contributed by atoms with Crippen LogP contribution in [0.5, 0.6) is 0 Å². The van der Waals surface area contributed by atoms with Crippen molar-refractivity contribution in [2.75, 3.05) is 0 Å². The number of rotatable bonds is 1. The SMILES string of the molecule is N#CN=C(N)NN=C=S. The van der Waals surface area contributed by atoms with Crippen LogP contribution in [0, 0.1) is 11.5 Å². The van der Waals surface area contributed by atoms with Crippen molar-refractivity contribution in [3.05, 3.63) is 0 Å². The fraction of sp³-hybridized carbons (Fsp3) is 0. The van der Waals surface area contributed by atoms with Crippen molar-refractivity contribution in [3.8, 4) is 6.19 Å². The van der Waals surface area contributed by atoms with Crippen molar-refractivity contribution in [3.63, 3.8) is 0 Å². The van der Waals surface area contributed by atoms with Crippen LogP contribution in [0.4, 0.5) is 0 Å². The molecular weight excluding hydrogens is 138 g/mol. The molecule has 0 unspecified atom stereocenters. The van der Waals surface area contributed by atoms with E-state index in [2.05, 4.69) is 27.7 Å². The number of guanidine groups is 1. The molecule has 46 valence electrons. The summed E-state index contributed by atoms with van der Waals surface area (Å²) < 4.78 is 0. The summed E-state index contributed by atoms with van der Waals surface area (Å²) in [6.45, 7) is 0. The Kier molecular flexibility index (Phi) is 3.96. The highest BCUT2D eigenvalue weighted by Gasteiger charge is 1.81. The summed E-state index contributed by atoms with van der Waals surface area (Å²) in [6, 6.07) is 0. The number of nitriles is 1. The minimum absolute atomic E-state index is 0.102. The van der Waals surface area contributed by atoms with Crippen molar-refractivity contribution in [1.29, 1.82) is 5.26 Å². The first-order valence-electron chi connectivity index (χ1n) is 1.86. The van der Waals surface area contributed by atoms with Gasteiger partial charge >= 0.3 is 0 Å². The Morgan fingerprint density at radius 2 is 2.44 bits per heavy atom. The lowest BCUT2D eigenvalue weighted by atomic mass is 11.0. The predicted molar refractivity (Wildman–Crippen MR) is 35.4 cm³/mol. The molecule has 3 N–H and O–H groups in total. The van der Waals surface area contributed by atoms with E-state index in [0.717, 1.165) is 0 Å². The van der Waals surface area contributed by atoms with Crippen LogP contribution < -0.4 is 11.2 Å². The molecule has 5 nitrogen and oxygen atoms in total. The number of thiocarbonyl (C=S) groups is 1. The van der Waals surface area contributed by atoms with E-state index in [1.165, 1.54) is 6.19 Å². The molecule has 0 atom stereocenters. The Morgan fingerprint density at radius 3 is 2.89 bits per heavy atom. The van der Waals surface area contributed by atoms with E-state index in [-0.39, 0.29) is 5.96 Å². The third-order valence-corrected chi connectivity index (χ3v) is 0.478. The first kappa shape index (κ1) is 7.56. The second-order valence-corrected chi connectivity index (χ2v) is 1.09. The van der Waals surface area contributed by atoms with E-state index in [1.54, 1.807) is 0 Å². The molecule has 0 fully saturated rings. The quantitative estimate of drug-likeness (QED) is 0.168. The number of isothiocyanates is 1. The average molecular weight is 141 g/mol. The van der Waals surface area contributed by atoms with Crippen LogP contribution in [0.25, 0.3) is 0 Å². The first-order valence-corrected chi connectivity index (χ1v) is 2.27. The molecule has 0 amide bonds. The summed E-state index contributed by atoms with van der Waals surface area (Å²) in [6.07, 6.45) is 1.46. The fourth-order valence-electron chi connectivity index (χ4n) is 0.159. The number of hydrogen-bond acceptors (Lipinski definition) is 4. The van der Waals surface area contributed by atoms with Gasteiger partial charge in [-0.15, -0.1) is 10.1 Å². The highest BCUT2D eigenvalue weighted by Crippen LogP contribution is 1.59. The minimum Gasteiger partial charge on any atom is -0.368 e. The molecular formula is C3H3N5S. The number of nitrogens with zero attached hydrogens (tertiary/aromatic N) is 3. The monoisotopic (exact) mass is 141 g/mol. The van der Waals surface area contributed by atoms with Crippen LogP contribution in [-0.4, -0.2) is 11.1 Å². The summed E-state index contributed by atoms with van der Waals surface area (Å²) >= 11 is 4.18. The smallest absolute Gasteiger partial charge is 0.225 e. The standard InChI is InChI=1S/C3H3N5S/c4-1-6-3(5)8-7-2-9/h(H3,5,6,8). The summed E-state index contributed by atoms with van der Waals surface area (Å²) in [4.78, 5) is 3.07. The highest BCUT2D eigenvalue weighted by atomic mass is 32.1. The summed E-state index contributed by atoms with van der Waals surface area (Å²) in [5, 5.41) is 13.1. The maximum Gasteiger partial charge on any atom is 0.225 e. The van der Waals surface area contributed by atoms with Gasteiger partial charge in [0.05, 0.1) is 5.16 Å². The summed E-state index contributed by atoms with van der Waals surface area (Å²) in [5.41, 5.74) is 7.15. The molecule has 0 aromatic carbocycles. The van der Waals surface area contributed by atoms with E-state index >= 15 is 0 Å². The van der Waals surface area contributed by atoms with Gasteiger partial charge in [-0.3, -0.25) is 0 Å². The molecule has 0 saturated heterocycles. The van der Waals surface area contributed by atoms with Crippen molar-refractivity contribution in [2.24, 2.45) is 15.8 Å². The van der Waals surface area contributed by atoms with Gasteiger partial charge < -0.3 is 5.73 Å². The van der Waals surface area contributed by atoms with Gasteiger partial charge in [0.15, 0.2) is 0 Å². The largest absolute Gasteiger partial charge is 0.368 e. The van der Waals surface area contributed by atoms with Crippen molar-refractivity contribution in [1.82, 2.24) is 5.43 Å². The van der Waals surface area contributed by atoms with Gasteiger partial charge in [-0.25, -0.2) is 5.43 Å². The maximum atomic E-state index is 7.89. The van der Waals surface area contributed by atoms with E-state index in [4.69, 9.17) is 11.0 Å². The normalized spacial score (nSPS) is 9.00. The average Bonchev–Trinajstić information content (AvgIpc) is 1.85. The van der Waals surface area contributed by atoms with Gasteiger partial charge in [-0.05, 0) is 12.2 Å². The van der Waals surface area contributed by atoms with Crippen molar-refractivity contribution in [2.45, 2.75) is 0 Å². The second-order valence-electron chi connectivity index (χ2n) is 0.912. The van der Waals surface area contributed by atoms with E-state index in [9.17, 15) is 0 Å². The van der Waals surface area contributed by atoms with Crippen LogP contribution in [0.15, 0.2) is 10.1 Å². The van der Waals surface area contributed by atoms with Gasteiger partial charge in [-0.1, -0.05) is 0 Å².